The SMILES string of the molecule is C=O.C=O.C=O.[C-]1=CC=CC1.[Tc]. The van der Waals surface area contributed by atoms with E-state index >= 15 is 0 Å². The summed E-state index contributed by atoms with van der Waals surface area (Å²) in [5, 5.41) is 0. The third-order valence-corrected chi connectivity index (χ3v) is 0.586. The maximum Gasteiger partial charge on any atom is 0.106 e. The Balaban J connectivity index is -0.0000000406. The van der Waals surface area contributed by atoms with Gasteiger partial charge in [-0.2, -0.15) is 6.08 Å². The predicted molar refractivity (Wildman–Crippen MR) is 42.9 cm³/mol. The minimum atomic E-state index is 0. The zero-order valence-electron chi connectivity index (χ0n) is 6.66. The molecule has 0 heterocycles. The summed E-state index contributed by atoms with van der Waals surface area (Å²) in [5.41, 5.74) is 0. The van der Waals surface area contributed by atoms with E-state index < -0.39 is 0 Å². The number of carbonyl (C=O) groups excluding carboxylic acids is 3. The van der Waals surface area contributed by atoms with E-state index in [1.165, 1.54) is 0 Å². The molecule has 0 atom stereocenters. The molecule has 0 unspecified atom stereocenters. The molecule has 4 heteroatoms. The molecular formula is C8H11O3Tc-. The van der Waals surface area contributed by atoms with Gasteiger partial charge in [0.15, 0.2) is 0 Å². The van der Waals surface area contributed by atoms with Crippen LogP contribution in [-0.4, -0.2) is 20.4 Å². The smallest absolute Gasteiger partial charge is 0.106 e. The summed E-state index contributed by atoms with van der Waals surface area (Å²) in [5.74, 6) is 0. The van der Waals surface area contributed by atoms with Crippen molar-refractivity contribution >= 4 is 20.4 Å². The van der Waals surface area contributed by atoms with E-state index in [4.69, 9.17) is 14.4 Å². The topological polar surface area (TPSA) is 51.2 Å². The average Bonchev–Trinajstić information content (AvgIpc) is 2.71. The summed E-state index contributed by atoms with van der Waals surface area (Å²) in [6, 6.07) is 0. The summed E-state index contributed by atoms with van der Waals surface area (Å²) in [6.07, 6.45) is 10.0. The Kier molecular flexibility index (Phi) is 92.5. The fourth-order valence-corrected chi connectivity index (χ4v) is 0.340. The van der Waals surface area contributed by atoms with Crippen LogP contribution < -0.4 is 0 Å². The van der Waals surface area contributed by atoms with Gasteiger partial charge in [0.2, 0.25) is 0 Å². The number of rotatable bonds is 0. The molecule has 0 spiro atoms. The van der Waals surface area contributed by atoms with Crippen molar-refractivity contribution < 1.29 is 34.5 Å². The minimum absolute atomic E-state index is 0. The van der Waals surface area contributed by atoms with E-state index in [2.05, 4.69) is 12.2 Å². The molecule has 3 nitrogen and oxygen atoms in total. The summed E-state index contributed by atoms with van der Waals surface area (Å²) < 4.78 is 0. The molecule has 0 aromatic carbocycles. The average molecular weight is 253 g/mol. The van der Waals surface area contributed by atoms with Crippen LogP contribution in [0.4, 0.5) is 0 Å². The van der Waals surface area contributed by atoms with Crippen molar-refractivity contribution in [1.82, 2.24) is 0 Å². The Morgan fingerprint density at radius 2 is 1.42 bits per heavy atom. The van der Waals surface area contributed by atoms with Gasteiger partial charge in [0.1, 0.15) is 20.4 Å². The van der Waals surface area contributed by atoms with Crippen molar-refractivity contribution in [2.75, 3.05) is 0 Å². The van der Waals surface area contributed by atoms with Crippen molar-refractivity contribution in [3.8, 4) is 0 Å². The predicted octanol–water partition coefficient (Wildman–Crippen LogP) is 0.748. The molecule has 0 aromatic rings. The summed E-state index contributed by atoms with van der Waals surface area (Å²) in [7, 11) is 0. The molecule has 0 saturated carbocycles. The first-order valence-corrected chi connectivity index (χ1v) is 2.58. The second kappa shape index (κ2) is 49.4. The van der Waals surface area contributed by atoms with E-state index in [1.807, 2.05) is 32.5 Å². The van der Waals surface area contributed by atoms with Gasteiger partial charge >= 0.3 is 0 Å². The van der Waals surface area contributed by atoms with Crippen LogP contribution in [0.5, 0.6) is 0 Å². The maximum absolute atomic E-state index is 8.00. The van der Waals surface area contributed by atoms with Gasteiger partial charge in [0, 0.05) is 20.1 Å². The maximum atomic E-state index is 8.00. The van der Waals surface area contributed by atoms with Gasteiger partial charge in [0.05, 0.1) is 0 Å². The summed E-state index contributed by atoms with van der Waals surface area (Å²) >= 11 is 0. The number of carbonyl (C=O) groups is 3. The molecule has 0 bridgehead atoms. The van der Waals surface area contributed by atoms with E-state index in [-0.39, 0.29) is 20.1 Å². The van der Waals surface area contributed by atoms with E-state index in [0.29, 0.717) is 0 Å². The normalized spacial score (nSPS) is 8.33. The van der Waals surface area contributed by atoms with Gasteiger partial charge in [-0.25, -0.2) is 12.2 Å². The molecule has 0 fully saturated rings. The first kappa shape index (κ1) is 22.5. The second-order valence-electron chi connectivity index (χ2n) is 1.00. The molecule has 12 heavy (non-hydrogen) atoms. The van der Waals surface area contributed by atoms with E-state index in [1.54, 1.807) is 0 Å². The Bertz CT molecular complexity index is 98.1. The fourth-order valence-electron chi connectivity index (χ4n) is 0.340. The van der Waals surface area contributed by atoms with Crippen LogP contribution in [-0.2, 0) is 34.5 Å². The third kappa shape index (κ3) is 35.3. The fraction of sp³-hybridized carbons (Fsp3) is 0.125. The molecular weight excluding hydrogens is 242 g/mol. The van der Waals surface area contributed by atoms with E-state index in [9.17, 15) is 0 Å². The Labute approximate surface area is 85.9 Å². The van der Waals surface area contributed by atoms with Gasteiger partial charge < -0.3 is 14.4 Å². The first-order valence-electron chi connectivity index (χ1n) is 2.58. The molecule has 0 saturated heterocycles. The zero-order chi connectivity index (χ0) is 9.54. The van der Waals surface area contributed by atoms with Crippen LogP contribution in [0.15, 0.2) is 18.2 Å². The quantitative estimate of drug-likeness (QED) is 0.598. The van der Waals surface area contributed by atoms with Crippen LogP contribution in [0.25, 0.3) is 0 Å². The molecule has 0 N–H and O–H groups in total. The monoisotopic (exact) mass is 252 g/mol. The van der Waals surface area contributed by atoms with Gasteiger partial charge in [0.25, 0.3) is 0 Å². The van der Waals surface area contributed by atoms with Crippen molar-refractivity contribution in [3.05, 3.63) is 24.3 Å². The molecule has 0 aromatic heterocycles. The number of hydrogen-bond acceptors (Lipinski definition) is 3. The van der Waals surface area contributed by atoms with Crippen LogP contribution in [0.2, 0.25) is 0 Å². The van der Waals surface area contributed by atoms with Crippen LogP contribution in [0, 0.1) is 6.08 Å². The standard InChI is InChI=1S/C5H5.3CH2O.Tc/c1-2-4-5-3-1;3*1-2;/h1-3H,4H2;3*1H2;/q-1;;;;. The van der Waals surface area contributed by atoms with Crippen molar-refractivity contribution in [3.63, 3.8) is 0 Å². The molecule has 69 valence electrons. The van der Waals surface area contributed by atoms with Crippen molar-refractivity contribution in [1.29, 1.82) is 0 Å². The first-order chi connectivity index (χ1) is 5.50. The molecule has 0 aliphatic heterocycles. The summed E-state index contributed by atoms with van der Waals surface area (Å²) in [4.78, 5) is 24.0. The Morgan fingerprint density at radius 3 is 1.50 bits per heavy atom. The van der Waals surface area contributed by atoms with Gasteiger partial charge in [-0.15, -0.1) is 6.42 Å². The minimum Gasteiger partial charge on any atom is -0.307 e. The van der Waals surface area contributed by atoms with E-state index in [0.717, 1.165) is 6.42 Å². The van der Waals surface area contributed by atoms with Crippen molar-refractivity contribution in [2.45, 2.75) is 6.42 Å². The second-order valence-corrected chi connectivity index (χ2v) is 1.00. The van der Waals surface area contributed by atoms with Crippen LogP contribution in [0.3, 0.4) is 0 Å². The molecule has 1 aliphatic carbocycles. The molecule has 0 amide bonds. The van der Waals surface area contributed by atoms with Gasteiger partial charge in [-0.05, 0) is 0 Å². The van der Waals surface area contributed by atoms with Gasteiger partial charge in [-0.1, -0.05) is 0 Å². The van der Waals surface area contributed by atoms with Gasteiger partial charge in [-0.3, -0.25) is 6.08 Å². The molecule has 1 aliphatic rings. The van der Waals surface area contributed by atoms with Crippen LogP contribution >= 0.6 is 0 Å². The number of allylic oxidation sites excluding steroid dienone is 4. The Hall–Kier alpha value is -0.861. The molecule has 1 rings (SSSR count). The largest absolute Gasteiger partial charge is 0.307 e. The molecule has 1 radical (unpaired) electrons. The van der Waals surface area contributed by atoms with Crippen LogP contribution in [0.1, 0.15) is 6.42 Å². The zero-order valence-corrected chi connectivity index (χ0v) is 8.52. The van der Waals surface area contributed by atoms with Crippen molar-refractivity contribution in [2.24, 2.45) is 0 Å². The number of hydrogen-bond donors (Lipinski definition) is 0. The Morgan fingerprint density at radius 1 is 1.00 bits per heavy atom. The third-order valence-electron chi connectivity index (χ3n) is 0.586. The summed E-state index contributed by atoms with van der Waals surface area (Å²) in [6.45, 7) is 6.00.